The van der Waals surface area contributed by atoms with Crippen LogP contribution in [0.3, 0.4) is 0 Å². The van der Waals surface area contributed by atoms with Gasteiger partial charge in [0.15, 0.2) is 6.10 Å². The van der Waals surface area contributed by atoms with Gasteiger partial charge in [0.05, 0.1) is 29.5 Å². The molecule has 0 unspecified atom stereocenters. The molecule has 0 bridgehead atoms. The van der Waals surface area contributed by atoms with E-state index in [2.05, 4.69) is 5.32 Å². The highest BCUT2D eigenvalue weighted by atomic mass is 35.5. The zero-order valence-corrected chi connectivity index (χ0v) is 14.3. The van der Waals surface area contributed by atoms with Gasteiger partial charge in [-0.15, -0.1) is 0 Å². The molecule has 124 valence electrons. The van der Waals surface area contributed by atoms with Crippen molar-refractivity contribution in [2.45, 2.75) is 20.0 Å². The highest BCUT2D eigenvalue weighted by Gasteiger charge is 2.18. The van der Waals surface area contributed by atoms with Crippen LogP contribution in [0.25, 0.3) is 0 Å². The number of ether oxygens (including phenoxy) is 2. The van der Waals surface area contributed by atoms with Gasteiger partial charge in [0.2, 0.25) is 0 Å². The summed E-state index contributed by atoms with van der Waals surface area (Å²) in [6, 6.07) is 12.1. The number of rotatable bonds is 5. The molecule has 2 rings (SSSR count). The number of nitriles is 1. The van der Waals surface area contributed by atoms with Gasteiger partial charge >= 0.3 is 0 Å². The maximum atomic E-state index is 12.3. The minimum absolute atomic E-state index is 0.279. The zero-order valence-electron chi connectivity index (χ0n) is 13.6. The number of amides is 1. The van der Waals surface area contributed by atoms with Gasteiger partial charge in [0, 0.05) is 0 Å². The number of benzene rings is 2. The number of carbonyl (C=O) groups excluding carboxylic acids is 1. The zero-order chi connectivity index (χ0) is 17.7. The average Bonchev–Trinajstić information content (AvgIpc) is 2.56. The summed E-state index contributed by atoms with van der Waals surface area (Å²) >= 11 is 6.06. The van der Waals surface area contributed by atoms with E-state index in [1.165, 1.54) is 13.2 Å². The summed E-state index contributed by atoms with van der Waals surface area (Å²) in [4.78, 5) is 12.3. The van der Waals surface area contributed by atoms with E-state index in [0.717, 1.165) is 5.56 Å². The second-order valence-electron chi connectivity index (χ2n) is 5.21. The van der Waals surface area contributed by atoms with E-state index in [0.29, 0.717) is 22.7 Å². The third-order valence-electron chi connectivity index (χ3n) is 3.35. The van der Waals surface area contributed by atoms with E-state index in [-0.39, 0.29) is 10.9 Å². The van der Waals surface area contributed by atoms with Gasteiger partial charge in [0.1, 0.15) is 11.5 Å². The molecule has 2 aromatic rings. The monoisotopic (exact) mass is 344 g/mol. The molecule has 0 saturated heterocycles. The molecule has 0 aromatic heterocycles. The quantitative estimate of drug-likeness (QED) is 0.891. The van der Waals surface area contributed by atoms with Crippen molar-refractivity contribution in [1.82, 2.24) is 0 Å². The maximum absolute atomic E-state index is 12.3. The standard InChI is InChI=1S/C18H17ClN2O3/c1-11-4-6-17(23-3)15(8-11)21-18(22)12(2)24-16-7-5-13(10-20)9-14(16)19/h4-9,12H,1-3H3,(H,21,22)/t12-/m1/s1. The molecule has 0 fully saturated rings. The van der Waals surface area contributed by atoms with Crippen LogP contribution >= 0.6 is 11.6 Å². The average molecular weight is 345 g/mol. The van der Waals surface area contributed by atoms with Crippen molar-refractivity contribution < 1.29 is 14.3 Å². The lowest BCUT2D eigenvalue weighted by atomic mass is 10.2. The highest BCUT2D eigenvalue weighted by molar-refractivity contribution is 6.32. The summed E-state index contributed by atoms with van der Waals surface area (Å²) in [6.45, 7) is 3.54. The van der Waals surface area contributed by atoms with Crippen LogP contribution in [-0.4, -0.2) is 19.1 Å². The Hall–Kier alpha value is -2.71. The number of nitrogens with one attached hydrogen (secondary N) is 1. The third-order valence-corrected chi connectivity index (χ3v) is 3.64. The molecular formula is C18H17ClN2O3. The molecule has 1 N–H and O–H groups in total. The third kappa shape index (κ3) is 4.18. The van der Waals surface area contributed by atoms with Gasteiger partial charge in [-0.3, -0.25) is 4.79 Å². The van der Waals surface area contributed by atoms with E-state index in [4.69, 9.17) is 26.3 Å². The molecular weight excluding hydrogens is 328 g/mol. The molecule has 0 aliphatic carbocycles. The Morgan fingerprint density at radius 2 is 1.96 bits per heavy atom. The fourth-order valence-corrected chi connectivity index (χ4v) is 2.29. The molecule has 0 heterocycles. The molecule has 2 aromatic carbocycles. The molecule has 5 nitrogen and oxygen atoms in total. The Morgan fingerprint density at radius 3 is 2.58 bits per heavy atom. The largest absolute Gasteiger partial charge is 0.495 e. The molecule has 1 atom stereocenters. The van der Waals surface area contributed by atoms with Crippen LogP contribution in [0, 0.1) is 18.3 Å². The Labute approximate surface area is 145 Å². The lowest BCUT2D eigenvalue weighted by molar-refractivity contribution is -0.122. The van der Waals surface area contributed by atoms with Crippen molar-refractivity contribution in [3.8, 4) is 17.6 Å². The number of aryl methyl sites for hydroxylation is 1. The summed E-state index contributed by atoms with van der Waals surface area (Å²) in [6.07, 6.45) is -0.777. The Balaban J connectivity index is 2.10. The predicted molar refractivity (Wildman–Crippen MR) is 92.6 cm³/mol. The van der Waals surface area contributed by atoms with Crippen LogP contribution in [0.4, 0.5) is 5.69 Å². The first-order valence-corrected chi connectivity index (χ1v) is 7.64. The van der Waals surface area contributed by atoms with Crippen LogP contribution in [0.2, 0.25) is 5.02 Å². The summed E-state index contributed by atoms with van der Waals surface area (Å²) in [7, 11) is 1.54. The molecule has 24 heavy (non-hydrogen) atoms. The second-order valence-corrected chi connectivity index (χ2v) is 5.62. The van der Waals surface area contributed by atoms with Crippen molar-refractivity contribution in [2.75, 3.05) is 12.4 Å². The van der Waals surface area contributed by atoms with Crippen molar-refractivity contribution >= 4 is 23.2 Å². The van der Waals surface area contributed by atoms with Gasteiger partial charge in [-0.25, -0.2) is 0 Å². The summed E-state index contributed by atoms with van der Waals surface area (Å²) in [5.41, 5.74) is 1.99. The van der Waals surface area contributed by atoms with Crippen LogP contribution in [0.15, 0.2) is 36.4 Å². The van der Waals surface area contributed by atoms with E-state index in [9.17, 15) is 4.79 Å². The molecule has 0 spiro atoms. The molecule has 0 radical (unpaired) electrons. The van der Waals surface area contributed by atoms with Crippen LogP contribution in [0.5, 0.6) is 11.5 Å². The first kappa shape index (κ1) is 17.6. The Morgan fingerprint density at radius 1 is 1.25 bits per heavy atom. The number of nitrogens with zero attached hydrogens (tertiary/aromatic N) is 1. The lowest BCUT2D eigenvalue weighted by Gasteiger charge is -2.17. The normalized spacial score (nSPS) is 11.3. The van der Waals surface area contributed by atoms with Gasteiger partial charge in [-0.05, 0) is 49.7 Å². The van der Waals surface area contributed by atoms with Crippen molar-refractivity contribution in [2.24, 2.45) is 0 Å². The highest BCUT2D eigenvalue weighted by Crippen LogP contribution is 2.28. The van der Waals surface area contributed by atoms with Gasteiger partial charge < -0.3 is 14.8 Å². The van der Waals surface area contributed by atoms with Crippen molar-refractivity contribution in [3.05, 3.63) is 52.5 Å². The number of carbonyl (C=O) groups is 1. The number of halogens is 1. The molecule has 1 amide bonds. The van der Waals surface area contributed by atoms with Crippen molar-refractivity contribution in [3.63, 3.8) is 0 Å². The molecule has 0 saturated carbocycles. The molecule has 0 aliphatic heterocycles. The second kappa shape index (κ2) is 7.71. The maximum Gasteiger partial charge on any atom is 0.265 e. The number of hydrogen-bond donors (Lipinski definition) is 1. The fraction of sp³-hybridized carbons (Fsp3) is 0.222. The first-order chi connectivity index (χ1) is 11.4. The number of anilines is 1. The van der Waals surface area contributed by atoms with Crippen molar-refractivity contribution in [1.29, 1.82) is 5.26 Å². The first-order valence-electron chi connectivity index (χ1n) is 7.26. The van der Waals surface area contributed by atoms with Crippen LogP contribution in [0.1, 0.15) is 18.1 Å². The number of methoxy groups -OCH3 is 1. The molecule has 0 aliphatic rings. The van der Waals surface area contributed by atoms with E-state index >= 15 is 0 Å². The summed E-state index contributed by atoms with van der Waals surface area (Å²) in [5.74, 6) is 0.575. The van der Waals surface area contributed by atoms with Gasteiger partial charge in [-0.2, -0.15) is 5.26 Å². The molecule has 6 heteroatoms. The van der Waals surface area contributed by atoms with E-state index in [1.807, 2.05) is 25.1 Å². The lowest BCUT2D eigenvalue weighted by Crippen LogP contribution is -2.30. The number of hydrogen-bond acceptors (Lipinski definition) is 4. The van der Waals surface area contributed by atoms with Crippen LogP contribution < -0.4 is 14.8 Å². The topological polar surface area (TPSA) is 71.3 Å². The van der Waals surface area contributed by atoms with E-state index in [1.54, 1.807) is 25.1 Å². The summed E-state index contributed by atoms with van der Waals surface area (Å²) in [5, 5.41) is 11.9. The minimum atomic E-state index is -0.777. The van der Waals surface area contributed by atoms with E-state index < -0.39 is 6.10 Å². The Bertz CT molecular complexity index is 799. The fourth-order valence-electron chi connectivity index (χ4n) is 2.06. The predicted octanol–water partition coefficient (Wildman–Crippen LogP) is 3.93. The SMILES string of the molecule is COc1ccc(C)cc1NC(=O)[C@@H](C)Oc1ccc(C#N)cc1Cl. The smallest absolute Gasteiger partial charge is 0.265 e. The van der Waals surface area contributed by atoms with Crippen LogP contribution in [-0.2, 0) is 4.79 Å². The van der Waals surface area contributed by atoms with Gasteiger partial charge in [0.25, 0.3) is 5.91 Å². The van der Waals surface area contributed by atoms with Gasteiger partial charge in [-0.1, -0.05) is 17.7 Å². The minimum Gasteiger partial charge on any atom is -0.495 e. The Kier molecular flexibility index (Phi) is 5.67. The summed E-state index contributed by atoms with van der Waals surface area (Å²) < 4.78 is 10.8.